The summed E-state index contributed by atoms with van der Waals surface area (Å²) in [5.41, 5.74) is 5.11. The molecular weight excluding hydrogens is 336 g/mol. The Morgan fingerprint density at radius 3 is 2.60 bits per heavy atom. The molecule has 0 aliphatic carbocycles. The van der Waals surface area contributed by atoms with Gasteiger partial charge in [0.2, 0.25) is 0 Å². The lowest BCUT2D eigenvalue weighted by Crippen LogP contribution is -2.19. The number of amides is 1. The monoisotopic (exact) mass is 356 g/mol. The number of nitrogens with zero attached hydrogens (tertiary/aromatic N) is 3. The molecule has 0 aliphatic rings. The van der Waals surface area contributed by atoms with Gasteiger partial charge in [-0.25, -0.2) is 15.4 Å². The molecule has 6 nitrogen and oxygen atoms in total. The second-order valence-corrected chi connectivity index (χ2v) is 6.13. The van der Waals surface area contributed by atoms with E-state index in [0.29, 0.717) is 11.8 Å². The molecule has 25 heavy (non-hydrogen) atoms. The highest BCUT2D eigenvalue weighted by Crippen LogP contribution is 2.13. The molecule has 0 fully saturated rings. The minimum absolute atomic E-state index is 0.203. The van der Waals surface area contributed by atoms with Crippen molar-refractivity contribution in [2.75, 3.05) is 12.4 Å². The number of aromatic nitrogens is 2. The van der Waals surface area contributed by atoms with Crippen LogP contribution in [0.25, 0.3) is 0 Å². The summed E-state index contributed by atoms with van der Waals surface area (Å²) in [6.45, 7) is 7.86. The highest BCUT2D eigenvalue weighted by atomic mass is 32.2. The highest BCUT2D eigenvalue weighted by molar-refractivity contribution is 7.99. The minimum Gasteiger partial charge on any atom is -0.490 e. The second-order valence-electron chi connectivity index (χ2n) is 5.18. The molecule has 0 radical (unpaired) electrons. The van der Waals surface area contributed by atoms with Crippen LogP contribution in [-0.2, 0) is 4.79 Å². The van der Waals surface area contributed by atoms with E-state index in [0.717, 1.165) is 22.7 Å². The molecule has 2 rings (SSSR count). The molecule has 0 aliphatic heterocycles. The van der Waals surface area contributed by atoms with Crippen molar-refractivity contribution in [1.29, 1.82) is 0 Å². The van der Waals surface area contributed by atoms with E-state index in [1.165, 1.54) is 11.8 Å². The number of aryl methyl sites for hydroxylation is 2. The zero-order chi connectivity index (χ0) is 18.1. The van der Waals surface area contributed by atoms with Crippen molar-refractivity contribution in [2.45, 2.75) is 19.0 Å². The standard InChI is InChI=1S/C18H20N4O2S/c1-4-9-24-16-7-5-15(6-8-16)11-19-22-17(23)12-25-18-20-13(2)10-14(3)21-18/h4-8,10-11H,1,9,12H2,2-3H3,(H,22,23). The van der Waals surface area contributed by atoms with E-state index in [-0.39, 0.29) is 11.7 Å². The predicted octanol–water partition coefficient (Wildman–Crippen LogP) is 2.90. The molecule has 7 heteroatoms. The van der Waals surface area contributed by atoms with Gasteiger partial charge in [0.05, 0.1) is 12.0 Å². The smallest absolute Gasteiger partial charge is 0.250 e. The Labute approximate surface area is 151 Å². The summed E-state index contributed by atoms with van der Waals surface area (Å²) in [5.74, 6) is 0.745. The van der Waals surface area contributed by atoms with E-state index in [1.54, 1.807) is 12.3 Å². The zero-order valence-electron chi connectivity index (χ0n) is 14.2. The van der Waals surface area contributed by atoms with Crippen LogP contribution in [0, 0.1) is 13.8 Å². The van der Waals surface area contributed by atoms with Gasteiger partial charge in [-0.1, -0.05) is 24.4 Å². The van der Waals surface area contributed by atoms with Crippen LogP contribution in [-0.4, -0.2) is 34.4 Å². The Balaban J connectivity index is 1.78. The Morgan fingerprint density at radius 2 is 1.96 bits per heavy atom. The van der Waals surface area contributed by atoms with E-state index in [1.807, 2.05) is 44.2 Å². The van der Waals surface area contributed by atoms with Gasteiger partial charge in [0, 0.05) is 11.4 Å². The van der Waals surface area contributed by atoms with Crippen LogP contribution in [0.1, 0.15) is 17.0 Å². The Hall–Kier alpha value is -2.67. The molecule has 1 amide bonds. The summed E-state index contributed by atoms with van der Waals surface area (Å²) in [7, 11) is 0. The zero-order valence-corrected chi connectivity index (χ0v) is 15.0. The van der Waals surface area contributed by atoms with Crippen molar-refractivity contribution in [1.82, 2.24) is 15.4 Å². The molecule has 0 saturated heterocycles. The summed E-state index contributed by atoms with van der Waals surface area (Å²) in [5, 5.41) is 4.53. The maximum atomic E-state index is 11.8. The van der Waals surface area contributed by atoms with Gasteiger partial charge >= 0.3 is 0 Å². The van der Waals surface area contributed by atoms with Crippen molar-refractivity contribution in [3.05, 3.63) is 59.9 Å². The average Bonchev–Trinajstić information content (AvgIpc) is 2.58. The van der Waals surface area contributed by atoms with Gasteiger partial charge < -0.3 is 4.74 Å². The molecule has 1 heterocycles. The van der Waals surface area contributed by atoms with Crippen molar-refractivity contribution in [2.24, 2.45) is 5.10 Å². The number of carbonyl (C=O) groups is 1. The number of hydrogen-bond donors (Lipinski definition) is 1. The molecule has 2 aromatic rings. The van der Waals surface area contributed by atoms with E-state index in [9.17, 15) is 4.79 Å². The number of rotatable bonds is 8. The normalized spacial score (nSPS) is 10.6. The molecule has 0 bridgehead atoms. The summed E-state index contributed by atoms with van der Waals surface area (Å²) >= 11 is 1.28. The first-order valence-corrected chi connectivity index (χ1v) is 8.66. The molecule has 1 aromatic carbocycles. The fraction of sp³-hybridized carbons (Fsp3) is 0.222. The molecule has 0 atom stereocenters. The molecular formula is C18H20N4O2S. The first-order valence-electron chi connectivity index (χ1n) is 7.67. The summed E-state index contributed by atoms with van der Waals surface area (Å²) in [4.78, 5) is 20.4. The van der Waals surface area contributed by atoms with Gasteiger partial charge in [-0.2, -0.15) is 5.10 Å². The maximum absolute atomic E-state index is 11.8. The van der Waals surface area contributed by atoms with E-state index in [4.69, 9.17) is 4.74 Å². The fourth-order valence-corrected chi connectivity index (χ4v) is 2.65. The third-order valence-electron chi connectivity index (χ3n) is 2.94. The summed E-state index contributed by atoms with van der Waals surface area (Å²) < 4.78 is 5.40. The molecule has 1 N–H and O–H groups in total. The van der Waals surface area contributed by atoms with E-state index in [2.05, 4.69) is 27.1 Å². The van der Waals surface area contributed by atoms with Gasteiger partial charge in [-0.05, 0) is 49.7 Å². The number of nitrogens with one attached hydrogen (secondary N) is 1. The first kappa shape index (κ1) is 18.7. The topological polar surface area (TPSA) is 76.5 Å². The van der Waals surface area contributed by atoms with Gasteiger partial charge in [0.25, 0.3) is 5.91 Å². The molecule has 130 valence electrons. The SMILES string of the molecule is C=CCOc1ccc(C=NNC(=O)CSc2nc(C)cc(C)n2)cc1. The number of benzene rings is 1. The second kappa shape index (κ2) is 9.58. The van der Waals surface area contributed by atoms with Crippen LogP contribution >= 0.6 is 11.8 Å². The highest BCUT2D eigenvalue weighted by Gasteiger charge is 2.05. The van der Waals surface area contributed by atoms with Gasteiger partial charge in [0.1, 0.15) is 12.4 Å². The van der Waals surface area contributed by atoms with Crippen molar-refractivity contribution >= 4 is 23.9 Å². The molecule has 1 aromatic heterocycles. The van der Waals surface area contributed by atoms with Crippen molar-refractivity contribution < 1.29 is 9.53 Å². The lowest BCUT2D eigenvalue weighted by atomic mass is 10.2. The van der Waals surface area contributed by atoms with E-state index < -0.39 is 0 Å². The maximum Gasteiger partial charge on any atom is 0.250 e. The van der Waals surface area contributed by atoms with Gasteiger partial charge in [-0.15, -0.1) is 0 Å². The Morgan fingerprint density at radius 1 is 1.28 bits per heavy atom. The molecule has 0 spiro atoms. The van der Waals surface area contributed by atoms with Crippen molar-refractivity contribution in [3.63, 3.8) is 0 Å². The number of thioether (sulfide) groups is 1. The van der Waals surface area contributed by atoms with Gasteiger partial charge in [-0.3, -0.25) is 4.79 Å². The van der Waals surface area contributed by atoms with Crippen LogP contribution < -0.4 is 10.2 Å². The molecule has 0 saturated carbocycles. The largest absolute Gasteiger partial charge is 0.490 e. The van der Waals surface area contributed by atoms with Crippen LogP contribution in [0.5, 0.6) is 5.75 Å². The average molecular weight is 356 g/mol. The summed E-state index contributed by atoms with van der Waals surface area (Å²) in [6.07, 6.45) is 3.26. The third-order valence-corrected chi connectivity index (χ3v) is 3.79. The lowest BCUT2D eigenvalue weighted by Gasteiger charge is -2.03. The first-order chi connectivity index (χ1) is 12.1. The van der Waals surface area contributed by atoms with E-state index >= 15 is 0 Å². The number of hydrogen-bond acceptors (Lipinski definition) is 6. The Bertz CT molecular complexity index is 740. The number of ether oxygens (including phenoxy) is 1. The van der Waals surface area contributed by atoms with Gasteiger partial charge in [0.15, 0.2) is 5.16 Å². The molecule has 0 unspecified atom stereocenters. The quantitative estimate of drug-likeness (QED) is 0.259. The number of carbonyl (C=O) groups excluding carboxylic acids is 1. The number of hydrazone groups is 1. The Kier molecular flexibility index (Phi) is 7.16. The van der Waals surface area contributed by atoms with Crippen LogP contribution in [0.15, 0.2) is 53.2 Å². The minimum atomic E-state index is -0.213. The van der Waals surface area contributed by atoms with Crippen LogP contribution in [0.4, 0.5) is 0 Å². The summed E-state index contributed by atoms with van der Waals surface area (Å²) in [6, 6.07) is 9.26. The van der Waals surface area contributed by atoms with Crippen LogP contribution in [0.2, 0.25) is 0 Å². The lowest BCUT2D eigenvalue weighted by molar-refractivity contribution is -0.118. The predicted molar refractivity (Wildman–Crippen MR) is 100 cm³/mol. The van der Waals surface area contributed by atoms with Crippen LogP contribution in [0.3, 0.4) is 0 Å². The fourth-order valence-electron chi connectivity index (χ4n) is 1.90. The van der Waals surface area contributed by atoms with Crippen molar-refractivity contribution in [3.8, 4) is 5.75 Å². The third kappa shape index (κ3) is 6.76.